The highest BCUT2D eigenvalue weighted by Gasteiger charge is 2.15. The second-order valence-corrected chi connectivity index (χ2v) is 7.40. The minimum Gasteiger partial charge on any atom is -0.454 e. The lowest BCUT2D eigenvalue weighted by molar-refractivity contribution is -0.111. The van der Waals surface area contributed by atoms with E-state index in [2.05, 4.69) is 11.9 Å². The molecule has 0 aliphatic rings. The van der Waals surface area contributed by atoms with Gasteiger partial charge in [0.05, 0.1) is 0 Å². The number of pyridine rings is 1. The molecular weight excluding hydrogens is 402 g/mol. The number of hydrogen-bond acceptors (Lipinski definition) is 4. The van der Waals surface area contributed by atoms with Crippen LogP contribution in [0.15, 0.2) is 101 Å². The summed E-state index contributed by atoms with van der Waals surface area (Å²) in [7, 11) is 0. The molecule has 156 valence electrons. The van der Waals surface area contributed by atoms with Gasteiger partial charge in [-0.05, 0) is 71.8 Å². The first-order chi connectivity index (χ1) is 15.5. The van der Waals surface area contributed by atoms with Gasteiger partial charge in [0.1, 0.15) is 11.1 Å². The van der Waals surface area contributed by atoms with Crippen molar-refractivity contribution in [2.45, 2.75) is 0 Å². The molecule has 2 aromatic heterocycles. The second-order valence-electron chi connectivity index (χ2n) is 7.40. The molecule has 0 bridgehead atoms. The molecule has 2 heterocycles. The number of anilines is 2. The Balaban J connectivity index is 1.70. The normalized spacial score (nSPS) is 11.0. The number of benzene rings is 3. The molecule has 0 atom stereocenters. The molecule has 6 nitrogen and oxygen atoms in total. The molecule has 0 unspecified atom stereocenters. The van der Waals surface area contributed by atoms with E-state index >= 15 is 0 Å². The maximum absolute atomic E-state index is 12.9. The molecule has 0 saturated carbocycles. The topological polar surface area (TPSA) is 90.3 Å². The SMILES string of the molecule is C=CC(=O)Nc1ccc(-n2c(=O)ccc3oc4ccc(-c5cccc(N)c5)cc4c32)cc1. The van der Waals surface area contributed by atoms with E-state index < -0.39 is 0 Å². The first-order valence-electron chi connectivity index (χ1n) is 10.0. The van der Waals surface area contributed by atoms with Crippen LogP contribution in [0.5, 0.6) is 0 Å². The number of nitrogens with two attached hydrogens (primary N) is 1. The van der Waals surface area contributed by atoms with Crippen molar-refractivity contribution in [2.75, 3.05) is 11.1 Å². The second kappa shape index (κ2) is 7.59. The Hall–Kier alpha value is -4.58. The zero-order valence-corrected chi connectivity index (χ0v) is 17.0. The van der Waals surface area contributed by atoms with Crippen LogP contribution in [-0.2, 0) is 4.79 Å². The van der Waals surface area contributed by atoms with Crippen molar-refractivity contribution in [2.24, 2.45) is 0 Å². The summed E-state index contributed by atoms with van der Waals surface area (Å²) in [6, 6.07) is 23.7. The van der Waals surface area contributed by atoms with Crippen LogP contribution in [0.25, 0.3) is 38.9 Å². The highest BCUT2D eigenvalue weighted by molar-refractivity contribution is 6.05. The van der Waals surface area contributed by atoms with E-state index in [0.717, 1.165) is 16.5 Å². The summed E-state index contributed by atoms with van der Waals surface area (Å²) in [4.78, 5) is 24.4. The summed E-state index contributed by atoms with van der Waals surface area (Å²) in [5, 5.41) is 3.52. The third kappa shape index (κ3) is 3.33. The standard InChI is InChI=1S/C26H19N3O3/c1-2-24(30)28-19-7-9-20(10-8-19)29-25(31)13-12-23-26(29)21-15-17(6-11-22(21)32-23)16-4-3-5-18(27)14-16/h2-15H,1,27H2,(H,28,30). The van der Waals surface area contributed by atoms with Crippen molar-refractivity contribution < 1.29 is 9.21 Å². The average Bonchev–Trinajstić information content (AvgIpc) is 3.17. The van der Waals surface area contributed by atoms with E-state index in [1.807, 2.05) is 42.5 Å². The van der Waals surface area contributed by atoms with E-state index in [4.69, 9.17) is 10.2 Å². The van der Waals surface area contributed by atoms with Gasteiger partial charge in [0.25, 0.3) is 5.56 Å². The fraction of sp³-hybridized carbons (Fsp3) is 0. The van der Waals surface area contributed by atoms with Crippen molar-refractivity contribution >= 4 is 39.4 Å². The summed E-state index contributed by atoms with van der Waals surface area (Å²) in [5.74, 6) is -0.299. The van der Waals surface area contributed by atoms with Gasteiger partial charge in [-0.3, -0.25) is 14.2 Å². The molecule has 0 aliphatic carbocycles. The Morgan fingerprint density at radius 3 is 2.44 bits per heavy atom. The van der Waals surface area contributed by atoms with E-state index in [1.165, 1.54) is 12.1 Å². The Bertz CT molecular complexity index is 1560. The molecule has 6 heteroatoms. The van der Waals surface area contributed by atoms with Gasteiger partial charge in [-0.25, -0.2) is 0 Å². The monoisotopic (exact) mass is 421 g/mol. The van der Waals surface area contributed by atoms with Gasteiger partial charge >= 0.3 is 0 Å². The average molecular weight is 421 g/mol. The van der Waals surface area contributed by atoms with E-state index in [1.54, 1.807) is 34.9 Å². The predicted molar refractivity (Wildman–Crippen MR) is 128 cm³/mol. The summed E-state index contributed by atoms with van der Waals surface area (Å²) in [5.41, 5.74) is 11.6. The number of nitrogens with one attached hydrogen (secondary N) is 1. The molecule has 0 saturated heterocycles. The Morgan fingerprint density at radius 1 is 0.938 bits per heavy atom. The molecule has 3 aromatic carbocycles. The van der Waals surface area contributed by atoms with Crippen LogP contribution in [0.4, 0.5) is 11.4 Å². The summed E-state index contributed by atoms with van der Waals surface area (Å²) < 4.78 is 7.64. The van der Waals surface area contributed by atoms with Crippen molar-refractivity contribution in [3.8, 4) is 16.8 Å². The quantitative estimate of drug-likeness (QED) is 0.312. The maximum atomic E-state index is 12.9. The third-order valence-corrected chi connectivity index (χ3v) is 5.31. The number of furan rings is 1. The molecule has 0 spiro atoms. The van der Waals surface area contributed by atoms with E-state index in [9.17, 15) is 9.59 Å². The predicted octanol–water partition coefficient (Wildman–Crippen LogP) is 5.11. The van der Waals surface area contributed by atoms with E-state index in [0.29, 0.717) is 33.7 Å². The molecule has 3 N–H and O–H groups in total. The molecule has 32 heavy (non-hydrogen) atoms. The van der Waals surface area contributed by atoms with Crippen molar-refractivity contribution in [1.82, 2.24) is 4.57 Å². The van der Waals surface area contributed by atoms with Crippen molar-refractivity contribution in [3.05, 3.63) is 102 Å². The van der Waals surface area contributed by atoms with Crippen LogP contribution in [0.3, 0.4) is 0 Å². The zero-order chi connectivity index (χ0) is 22.2. The molecule has 0 aliphatic heterocycles. The largest absolute Gasteiger partial charge is 0.454 e. The molecule has 1 amide bonds. The number of aromatic nitrogens is 1. The third-order valence-electron chi connectivity index (χ3n) is 5.31. The minimum absolute atomic E-state index is 0.183. The highest BCUT2D eigenvalue weighted by atomic mass is 16.3. The number of rotatable bonds is 4. The molecule has 5 rings (SSSR count). The number of fused-ring (bicyclic) bond motifs is 3. The number of carbonyl (C=O) groups excluding carboxylic acids is 1. The van der Waals surface area contributed by atoms with Gasteiger partial charge in [0.15, 0.2) is 5.58 Å². The fourth-order valence-corrected chi connectivity index (χ4v) is 3.82. The highest BCUT2D eigenvalue weighted by Crippen LogP contribution is 2.33. The van der Waals surface area contributed by atoms with Crippen LogP contribution in [0.2, 0.25) is 0 Å². The molecule has 0 fully saturated rings. The van der Waals surface area contributed by atoms with Gasteiger partial charge in [-0.2, -0.15) is 0 Å². The lowest BCUT2D eigenvalue weighted by Crippen LogP contribution is -2.17. The van der Waals surface area contributed by atoms with Gasteiger partial charge < -0.3 is 15.5 Å². The van der Waals surface area contributed by atoms with Crippen LogP contribution in [-0.4, -0.2) is 10.5 Å². The van der Waals surface area contributed by atoms with Gasteiger partial charge in [0.2, 0.25) is 5.91 Å². The fourth-order valence-electron chi connectivity index (χ4n) is 3.82. The summed E-state index contributed by atoms with van der Waals surface area (Å²) >= 11 is 0. The first kappa shape index (κ1) is 19.4. The Labute approximate surface area is 183 Å². The smallest absolute Gasteiger partial charge is 0.255 e. The number of amides is 1. The van der Waals surface area contributed by atoms with Gasteiger partial charge in [-0.15, -0.1) is 0 Å². The number of carbonyl (C=O) groups is 1. The van der Waals surface area contributed by atoms with Crippen LogP contribution in [0.1, 0.15) is 0 Å². The van der Waals surface area contributed by atoms with Crippen LogP contribution in [0, 0.1) is 0 Å². The zero-order valence-electron chi connectivity index (χ0n) is 17.0. The van der Waals surface area contributed by atoms with Gasteiger partial charge in [-0.1, -0.05) is 24.8 Å². The molecule has 0 radical (unpaired) electrons. The summed E-state index contributed by atoms with van der Waals surface area (Å²) in [6.07, 6.45) is 1.20. The van der Waals surface area contributed by atoms with Crippen molar-refractivity contribution in [3.63, 3.8) is 0 Å². The van der Waals surface area contributed by atoms with Crippen LogP contribution < -0.4 is 16.6 Å². The van der Waals surface area contributed by atoms with Gasteiger partial charge in [0, 0.05) is 28.5 Å². The maximum Gasteiger partial charge on any atom is 0.255 e. The lowest BCUT2D eigenvalue weighted by atomic mass is 10.0. The Morgan fingerprint density at radius 2 is 1.69 bits per heavy atom. The first-order valence-corrected chi connectivity index (χ1v) is 10.0. The van der Waals surface area contributed by atoms with E-state index in [-0.39, 0.29) is 11.5 Å². The minimum atomic E-state index is -0.299. The van der Waals surface area contributed by atoms with Crippen molar-refractivity contribution in [1.29, 1.82) is 0 Å². The number of hydrogen-bond donors (Lipinski definition) is 2. The number of nitrogens with zero attached hydrogens (tertiary/aromatic N) is 1. The molecular formula is C26H19N3O3. The van der Waals surface area contributed by atoms with Crippen LogP contribution >= 0.6 is 0 Å². The lowest BCUT2D eigenvalue weighted by Gasteiger charge is -2.09. The molecule has 5 aromatic rings. The Kier molecular flexibility index (Phi) is 4.60. The number of nitrogen functional groups attached to an aromatic ring is 1. The summed E-state index contributed by atoms with van der Waals surface area (Å²) in [6.45, 7) is 3.45.